The van der Waals surface area contributed by atoms with Crippen LogP contribution in [-0.4, -0.2) is 23.6 Å². The lowest BCUT2D eigenvalue weighted by Gasteiger charge is -2.17. The lowest BCUT2D eigenvalue weighted by Crippen LogP contribution is -2.15. The van der Waals surface area contributed by atoms with Gasteiger partial charge in [-0.15, -0.1) is 0 Å². The molecular formula is C10H13N3. The van der Waals surface area contributed by atoms with Crippen LogP contribution >= 0.6 is 0 Å². The summed E-state index contributed by atoms with van der Waals surface area (Å²) in [6, 6.07) is 5.82. The zero-order valence-corrected chi connectivity index (χ0v) is 7.77. The van der Waals surface area contributed by atoms with Crippen molar-refractivity contribution in [3.8, 4) is 0 Å². The second kappa shape index (κ2) is 4.40. The molecule has 3 nitrogen and oxygen atoms in total. The van der Waals surface area contributed by atoms with Crippen molar-refractivity contribution >= 4 is 6.72 Å². The third-order valence-corrected chi connectivity index (χ3v) is 1.75. The molecule has 0 unspecified atom stereocenters. The first-order valence-corrected chi connectivity index (χ1v) is 4.00. The van der Waals surface area contributed by atoms with Gasteiger partial charge in [-0.25, -0.2) is 4.99 Å². The molecule has 1 rings (SSSR count). The van der Waals surface area contributed by atoms with Crippen molar-refractivity contribution in [1.82, 2.24) is 9.88 Å². The maximum absolute atomic E-state index is 4.19. The summed E-state index contributed by atoms with van der Waals surface area (Å²) >= 11 is 0. The van der Waals surface area contributed by atoms with Crippen LogP contribution in [0.4, 0.5) is 0 Å². The van der Waals surface area contributed by atoms with Crippen LogP contribution in [0.5, 0.6) is 0 Å². The van der Waals surface area contributed by atoms with Gasteiger partial charge in [0, 0.05) is 13.2 Å². The van der Waals surface area contributed by atoms with Crippen LogP contribution in [0.25, 0.3) is 0 Å². The molecule has 3 heteroatoms. The first-order valence-electron chi connectivity index (χ1n) is 4.00. The number of nitrogens with zero attached hydrogens (tertiary/aromatic N) is 3. The van der Waals surface area contributed by atoms with Gasteiger partial charge in [-0.05, 0) is 18.9 Å². The highest BCUT2D eigenvalue weighted by molar-refractivity contribution is 5.27. The van der Waals surface area contributed by atoms with Crippen molar-refractivity contribution in [3.05, 3.63) is 42.5 Å². The number of hydrogen-bond acceptors (Lipinski definition) is 3. The molecule has 0 bridgehead atoms. The third kappa shape index (κ3) is 2.71. The SMILES string of the molecule is C=NC(=C)N(C)Cc1ccccn1. The molecule has 1 aromatic rings. The first-order chi connectivity index (χ1) is 6.24. The van der Waals surface area contributed by atoms with E-state index in [1.54, 1.807) is 6.20 Å². The lowest BCUT2D eigenvalue weighted by atomic mass is 10.3. The van der Waals surface area contributed by atoms with Crippen molar-refractivity contribution in [3.63, 3.8) is 0 Å². The number of hydrogen-bond donors (Lipinski definition) is 0. The molecule has 0 aliphatic rings. The predicted octanol–water partition coefficient (Wildman–Crippen LogP) is 1.69. The maximum atomic E-state index is 4.19. The van der Waals surface area contributed by atoms with Gasteiger partial charge < -0.3 is 4.90 Å². The molecule has 0 fully saturated rings. The Hall–Kier alpha value is -1.64. The predicted molar refractivity (Wildman–Crippen MR) is 54.4 cm³/mol. The maximum Gasteiger partial charge on any atom is 0.120 e. The second-order valence-electron chi connectivity index (χ2n) is 2.75. The van der Waals surface area contributed by atoms with E-state index in [9.17, 15) is 0 Å². The van der Waals surface area contributed by atoms with Gasteiger partial charge in [0.05, 0.1) is 12.2 Å². The number of aromatic nitrogens is 1. The summed E-state index contributed by atoms with van der Waals surface area (Å²) < 4.78 is 0. The third-order valence-electron chi connectivity index (χ3n) is 1.75. The molecule has 1 heterocycles. The Morgan fingerprint density at radius 1 is 1.62 bits per heavy atom. The van der Waals surface area contributed by atoms with Gasteiger partial charge in [0.2, 0.25) is 0 Å². The normalized spacial score (nSPS) is 9.31. The fourth-order valence-electron chi connectivity index (χ4n) is 0.947. The summed E-state index contributed by atoms with van der Waals surface area (Å²) in [5.74, 6) is 0.658. The summed E-state index contributed by atoms with van der Waals surface area (Å²) in [5.41, 5.74) is 0.995. The van der Waals surface area contributed by atoms with E-state index < -0.39 is 0 Å². The molecule has 0 saturated carbocycles. The fourth-order valence-corrected chi connectivity index (χ4v) is 0.947. The molecule has 0 N–H and O–H groups in total. The monoisotopic (exact) mass is 175 g/mol. The van der Waals surface area contributed by atoms with Crippen LogP contribution in [0.3, 0.4) is 0 Å². The molecule has 0 radical (unpaired) electrons. The van der Waals surface area contributed by atoms with Crippen LogP contribution in [0.2, 0.25) is 0 Å². The highest BCUT2D eigenvalue weighted by Gasteiger charge is 2.00. The minimum Gasteiger partial charge on any atom is -0.354 e. The zero-order chi connectivity index (χ0) is 9.68. The van der Waals surface area contributed by atoms with E-state index in [1.165, 1.54) is 0 Å². The lowest BCUT2D eigenvalue weighted by molar-refractivity contribution is 0.404. The van der Waals surface area contributed by atoms with Crippen molar-refractivity contribution in [2.24, 2.45) is 4.99 Å². The average molecular weight is 175 g/mol. The Morgan fingerprint density at radius 2 is 2.38 bits per heavy atom. The van der Waals surface area contributed by atoms with Crippen molar-refractivity contribution in [2.45, 2.75) is 6.54 Å². The minimum atomic E-state index is 0.658. The molecule has 0 atom stereocenters. The summed E-state index contributed by atoms with van der Waals surface area (Å²) in [5, 5.41) is 0. The zero-order valence-electron chi connectivity index (χ0n) is 7.77. The Balaban J connectivity index is 2.60. The number of rotatable bonds is 4. The minimum absolute atomic E-state index is 0.658. The first kappa shape index (κ1) is 9.45. The van der Waals surface area contributed by atoms with Crippen LogP contribution in [0, 0.1) is 0 Å². The van der Waals surface area contributed by atoms with Gasteiger partial charge in [-0.3, -0.25) is 4.98 Å². The van der Waals surface area contributed by atoms with E-state index in [1.807, 2.05) is 30.1 Å². The molecule has 0 aliphatic heterocycles. The van der Waals surface area contributed by atoms with E-state index >= 15 is 0 Å². The number of pyridine rings is 1. The molecular weight excluding hydrogens is 162 g/mol. The van der Waals surface area contributed by atoms with Crippen LogP contribution in [0.1, 0.15) is 5.69 Å². The molecule has 0 amide bonds. The quantitative estimate of drug-likeness (QED) is 0.651. The summed E-state index contributed by atoms with van der Waals surface area (Å²) in [6.07, 6.45) is 1.77. The van der Waals surface area contributed by atoms with Gasteiger partial charge >= 0.3 is 0 Å². The topological polar surface area (TPSA) is 28.5 Å². The average Bonchev–Trinajstić information content (AvgIpc) is 2.18. The summed E-state index contributed by atoms with van der Waals surface area (Å²) in [6.45, 7) is 7.86. The molecule has 0 saturated heterocycles. The van der Waals surface area contributed by atoms with Crippen molar-refractivity contribution in [1.29, 1.82) is 0 Å². The largest absolute Gasteiger partial charge is 0.354 e. The molecule has 0 spiro atoms. The highest BCUT2D eigenvalue weighted by Crippen LogP contribution is 2.04. The van der Waals surface area contributed by atoms with Gasteiger partial charge in [0.25, 0.3) is 0 Å². The Kier molecular flexibility index (Phi) is 3.20. The van der Waals surface area contributed by atoms with Crippen molar-refractivity contribution in [2.75, 3.05) is 7.05 Å². The second-order valence-corrected chi connectivity index (χ2v) is 2.75. The molecule has 68 valence electrons. The van der Waals surface area contributed by atoms with E-state index in [4.69, 9.17) is 0 Å². The Morgan fingerprint density at radius 3 is 2.92 bits per heavy atom. The number of aliphatic imine (C=N–C) groups is 1. The molecule has 1 aromatic heterocycles. The van der Waals surface area contributed by atoms with Crippen LogP contribution in [-0.2, 0) is 6.54 Å². The Bertz CT molecular complexity index is 292. The van der Waals surface area contributed by atoms with Crippen LogP contribution < -0.4 is 0 Å². The van der Waals surface area contributed by atoms with Crippen LogP contribution in [0.15, 0.2) is 41.8 Å². The van der Waals surface area contributed by atoms with Crippen molar-refractivity contribution < 1.29 is 0 Å². The molecule has 0 aliphatic carbocycles. The van der Waals surface area contributed by atoms with E-state index in [2.05, 4.69) is 23.3 Å². The van der Waals surface area contributed by atoms with E-state index in [0.29, 0.717) is 12.4 Å². The van der Waals surface area contributed by atoms with Gasteiger partial charge in [-0.2, -0.15) is 0 Å². The fraction of sp³-hybridized carbons (Fsp3) is 0.200. The van der Waals surface area contributed by atoms with Gasteiger partial charge in [-0.1, -0.05) is 12.6 Å². The molecule has 13 heavy (non-hydrogen) atoms. The smallest absolute Gasteiger partial charge is 0.120 e. The summed E-state index contributed by atoms with van der Waals surface area (Å²) in [7, 11) is 1.91. The molecule has 0 aromatic carbocycles. The Labute approximate surface area is 78.4 Å². The standard InChI is InChI=1S/C10H13N3/c1-9(11-2)13(3)8-10-6-4-5-7-12-10/h4-7H,1-2,8H2,3H3. The van der Waals surface area contributed by atoms with E-state index in [0.717, 1.165) is 5.69 Å². The highest BCUT2D eigenvalue weighted by atomic mass is 15.2. The van der Waals surface area contributed by atoms with Gasteiger partial charge in [0.1, 0.15) is 5.82 Å². The van der Waals surface area contributed by atoms with E-state index in [-0.39, 0.29) is 0 Å². The van der Waals surface area contributed by atoms with Gasteiger partial charge in [0.15, 0.2) is 0 Å². The summed E-state index contributed by atoms with van der Waals surface area (Å²) in [4.78, 5) is 9.83.